The summed E-state index contributed by atoms with van der Waals surface area (Å²) < 4.78 is 0. The summed E-state index contributed by atoms with van der Waals surface area (Å²) in [5.74, 6) is 1.08. The fraction of sp³-hybridized carbons (Fsp3) is 0.357. The van der Waals surface area contributed by atoms with Gasteiger partial charge in [-0.15, -0.1) is 0 Å². The lowest BCUT2D eigenvalue weighted by molar-refractivity contribution is 0.103. The lowest BCUT2D eigenvalue weighted by Gasteiger charge is -2.36. The Balaban J connectivity index is 2.20. The molecule has 0 spiro atoms. The Hall–Kier alpha value is -1.77. The molecule has 1 saturated heterocycles. The van der Waals surface area contributed by atoms with Crippen LogP contribution in [0.1, 0.15) is 16.8 Å². The average Bonchev–Trinajstić information content (AvgIpc) is 2.35. The predicted octanol–water partition coefficient (Wildman–Crippen LogP) is 1.98. The Kier molecular flexibility index (Phi) is 3.47. The summed E-state index contributed by atoms with van der Waals surface area (Å²) in [4.78, 5) is 16.3. The summed E-state index contributed by atoms with van der Waals surface area (Å²) >= 11 is 0. The minimum absolute atomic E-state index is 0.0706. The topological polar surface area (TPSA) is 23.6 Å². The average molecular weight is 230 g/mol. The molecule has 3 nitrogen and oxygen atoms in total. The molecule has 1 fully saturated rings. The van der Waals surface area contributed by atoms with Crippen LogP contribution in [-0.4, -0.2) is 42.8 Å². The molecule has 1 aromatic rings. The third-order valence-electron chi connectivity index (χ3n) is 3.09. The minimum atomic E-state index is 0.0706. The summed E-state index contributed by atoms with van der Waals surface area (Å²) in [5, 5.41) is 0. The maximum absolute atomic E-state index is 12.1. The van der Waals surface area contributed by atoms with Crippen molar-refractivity contribution in [3.63, 3.8) is 0 Å². The van der Waals surface area contributed by atoms with E-state index in [2.05, 4.69) is 9.80 Å². The Morgan fingerprint density at radius 3 is 2.29 bits per heavy atom. The van der Waals surface area contributed by atoms with E-state index in [0.29, 0.717) is 0 Å². The zero-order chi connectivity index (χ0) is 12.3. The van der Waals surface area contributed by atoms with Crippen LogP contribution in [0.2, 0.25) is 0 Å². The van der Waals surface area contributed by atoms with Gasteiger partial charge < -0.3 is 9.80 Å². The van der Waals surface area contributed by atoms with Gasteiger partial charge in [-0.3, -0.25) is 4.79 Å². The molecule has 0 amide bonds. The second-order valence-corrected chi connectivity index (χ2v) is 4.43. The Bertz CT molecular complexity index is 413. The SMILES string of the molecule is CN1CCCN(C)C1=CC(=O)c1ccccc1. The van der Waals surface area contributed by atoms with Gasteiger partial charge in [-0.1, -0.05) is 30.3 Å². The van der Waals surface area contributed by atoms with Gasteiger partial charge in [0.05, 0.1) is 0 Å². The zero-order valence-electron chi connectivity index (χ0n) is 10.4. The Morgan fingerprint density at radius 2 is 1.71 bits per heavy atom. The third-order valence-corrected chi connectivity index (χ3v) is 3.09. The van der Waals surface area contributed by atoms with E-state index >= 15 is 0 Å². The van der Waals surface area contributed by atoms with E-state index < -0.39 is 0 Å². The van der Waals surface area contributed by atoms with E-state index in [1.54, 1.807) is 6.08 Å². The molecule has 1 aliphatic rings. The highest BCUT2D eigenvalue weighted by atomic mass is 16.1. The maximum Gasteiger partial charge on any atom is 0.189 e. The second-order valence-electron chi connectivity index (χ2n) is 4.43. The number of nitrogens with zero attached hydrogens (tertiary/aromatic N) is 2. The van der Waals surface area contributed by atoms with Gasteiger partial charge in [0.15, 0.2) is 5.78 Å². The molecular weight excluding hydrogens is 212 g/mol. The molecule has 1 heterocycles. The molecule has 17 heavy (non-hydrogen) atoms. The van der Waals surface area contributed by atoms with Crippen molar-refractivity contribution in [1.29, 1.82) is 0 Å². The molecule has 90 valence electrons. The van der Waals surface area contributed by atoms with Gasteiger partial charge in [0.25, 0.3) is 0 Å². The first-order valence-electron chi connectivity index (χ1n) is 5.92. The van der Waals surface area contributed by atoms with Crippen LogP contribution >= 0.6 is 0 Å². The lowest BCUT2D eigenvalue weighted by atomic mass is 10.1. The van der Waals surface area contributed by atoms with Crippen molar-refractivity contribution in [2.45, 2.75) is 6.42 Å². The highest BCUT2D eigenvalue weighted by molar-refractivity contribution is 6.04. The van der Waals surface area contributed by atoms with E-state index in [9.17, 15) is 4.79 Å². The molecule has 0 aliphatic carbocycles. The van der Waals surface area contributed by atoms with Crippen LogP contribution in [0.4, 0.5) is 0 Å². The molecule has 3 heteroatoms. The molecule has 0 aromatic heterocycles. The zero-order valence-corrected chi connectivity index (χ0v) is 10.4. The number of allylic oxidation sites excluding steroid dienone is 1. The monoisotopic (exact) mass is 230 g/mol. The van der Waals surface area contributed by atoms with Crippen LogP contribution in [0.15, 0.2) is 42.2 Å². The van der Waals surface area contributed by atoms with Crippen molar-refractivity contribution in [3.05, 3.63) is 47.8 Å². The number of carbonyl (C=O) groups excluding carboxylic acids is 1. The number of hydrogen-bond donors (Lipinski definition) is 0. The van der Waals surface area contributed by atoms with E-state index in [1.165, 1.54) is 0 Å². The summed E-state index contributed by atoms with van der Waals surface area (Å²) in [7, 11) is 4.06. The van der Waals surface area contributed by atoms with Crippen molar-refractivity contribution in [2.75, 3.05) is 27.2 Å². The summed E-state index contributed by atoms with van der Waals surface area (Å²) in [6.45, 7) is 2.02. The van der Waals surface area contributed by atoms with Crippen LogP contribution in [0.25, 0.3) is 0 Å². The molecule has 0 bridgehead atoms. The molecule has 0 saturated carbocycles. The van der Waals surface area contributed by atoms with Gasteiger partial charge in [-0.2, -0.15) is 0 Å². The number of rotatable bonds is 2. The van der Waals surface area contributed by atoms with E-state index in [-0.39, 0.29) is 5.78 Å². The summed E-state index contributed by atoms with van der Waals surface area (Å²) in [6, 6.07) is 9.40. The smallest absolute Gasteiger partial charge is 0.189 e. The largest absolute Gasteiger partial charge is 0.361 e. The molecule has 0 radical (unpaired) electrons. The van der Waals surface area contributed by atoms with Gasteiger partial charge in [0.1, 0.15) is 5.82 Å². The first-order valence-corrected chi connectivity index (χ1v) is 5.92. The van der Waals surface area contributed by atoms with Gasteiger partial charge in [0.2, 0.25) is 0 Å². The fourth-order valence-electron chi connectivity index (χ4n) is 2.09. The normalized spacial score (nSPS) is 16.0. The molecule has 1 aromatic carbocycles. The molecule has 0 atom stereocenters. The molecule has 2 rings (SSSR count). The predicted molar refractivity (Wildman–Crippen MR) is 68.7 cm³/mol. The van der Waals surface area contributed by atoms with Crippen molar-refractivity contribution in [3.8, 4) is 0 Å². The van der Waals surface area contributed by atoms with Gasteiger partial charge >= 0.3 is 0 Å². The fourth-order valence-corrected chi connectivity index (χ4v) is 2.09. The van der Waals surface area contributed by atoms with Crippen LogP contribution in [0.3, 0.4) is 0 Å². The van der Waals surface area contributed by atoms with E-state index in [4.69, 9.17) is 0 Å². The standard InChI is InChI=1S/C14H18N2O/c1-15-9-6-10-16(2)14(15)11-13(17)12-7-4-3-5-8-12/h3-5,7-8,11H,6,9-10H2,1-2H3. The van der Waals surface area contributed by atoms with Crippen molar-refractivity contribution < 1.29 is 4.79 Å². The molecular formula is C14H18N2O. The highest BCUT2D eigenvalue weighted by Crippen LogP contribution is 2.15. The quantitative estimate of drug-likeness (QED) is 0.573. The van der Waals surface area contributed by atoms with Crippen molar-refractivity contribution >= 4 is 5.78 Å². The van der Waals surface area contributed by atoms with Crippen LogP contribution in [-0.2, 0) is 0 Å². The number of carbonyl (C=O) groups is 1. The molecule has 0 unspecified atom stereocenters. The van der Waals surface area contributed by atoms with Crippen LogP contribution in [0.5, 0.6) is 0 Å². The van der Waals surface area contributed by atoms with Crippen LogP contribution < -0.4 is 0 Å². The number of ketones is 1. The van der Waals surface area contributed by atoms with Crippen molar-refractivity contribution in [2.24, 2.45) is 0 Å². The van der Waals surface area contributed by atoms with E-state index in [0.717, 1.165) is 30.9 Å². The van der Waals surface area contributed by atoms with Gasteiger partial charge in [-0.25, -0.2) is 0 Å². The van der Waals surface area contributed by atoms with Crippen molar-refractivity contribution in [1.82, 2.24) is 9.80 Å². The first-order chi connectivity index (χ1) is 8.18. The van der Waals surface area contributed by atoms with Crippen LogP contribution in [0, 0.1) is 0 Å². The number of hydrogen-bond acceptors (Lipinski definition) is 3. The van der Waals surface area contributed by atoms with Gasteiger partial charge in [0, 0.05) is 38.8 Å². The summed E-state index contributed by atoms with van der Waals surface area (Å²) in [6.07, 6.45) is 2.87. The maximum atomic E-state index is 12.1. The first kappa shape index (κ1) is 11.7. The van der Waals surface area contributed by atoms with E-state index in [1.807, 2.05) is 44.4 Å². The second kappa shape index (κ2) is 5.04. The number of benzene rings is 1. The summed E-state index contributed by atoms with van der Waals surface area (Å²) in [5.41, 5.74) is 0.743. The molecule has 1 aliphatic heterocycles. The Morgan fingerprint density at radius 1 is 1.12 bits per heavy atom. The minimum Gasteiger partial charge on any atom is -0.361 e. The Labute approximate surface area is 102 Å². The lowest BCUT2D eigenvalue weighted by Crippen LogP contribution is -2.38. The third kappa shape index (κ3) is 2.67. The highest BCUT2D eigenvalue weighted by Gasteiger charge is 2.17. The van der Waals surface area contributed by atoms with Gasteiger partial charge in [-0.05, 0) is 6.42 Å². The molecule has 0 N–H and O–H groups in total.